The highest BCUT2D eigenvalue weighted by atomic mass is 16.5. The minimum absolute atomic E-state index is 0.294. The van der Waals surface area contributed by atoms with E-state index in [1.54, 1.807) is 11.0 Å². The fourth-order valence-corrected chi connectivity index (χ4v) is 4.04. The molecule has 2 fully saturated rings. The molecule has 1 aromatic carbocycles. The number of benzene rings is 1. The fraction of sp³-hybridized carbons (Fsp3) is 0.591. The Bertz CT molecular complexity index is 778. The van der Waals surface area contributed by atoms with E-state index >= 15 is 0 Å². The predicted molar refractivity (Wildman–Crippen MR) is 116 cm³/mol. The number of nitrogens with zero attached hydrogens (tertiary/aromatic N) is 5. The van der Waals surface area contributed by atoms with Crippen molar-refractivity contribution in [2.24, 2.45) is 4.99 Å². The zero-order valence-corrected chi connectivity index (χ0v) is 17.7. The molecule has 8 heteroatoms. The van der Waals surface area contributed by atoms with Crippen molar-refractivity contribution < 1.29 is 9.47 Å². The molecule has 1 atom stereocenters. The highest BCUT2D eigenvalue weighted by Gasteiger charge is 2.23. The van der Waals surface area contributed by atoms with E-state index < -0.39 is 0 Å². The molecule has 30 heavy (non-hydrogen) atoms. The van der Waals surface area contributed by atoms with Crippen LogP contribution in [0.4, 0.5) is 0 Å². The molecule has 2 saturated heterocycles. The van der Waals surface area contributed by atoms with Crippen molar-refractivity contribution >= 4 is 5.96 Å². The minimum Gasteiger partial charge on any atom is -0.376 e. The summed E-state index contributed by atoms with van der Waals surface area (Å²) >= 11 is 0. The summed E-state index contributed by atoms with van der Waals surface area (Å²) in [4.78, 5) is 10.8. The average molecular weight is 413 g/mol. The molecule has 3 heterocycles. The number of aliphatic imine (C=N–C) groups is 1. The van der Waals surface area contributed by atoms with Crippen LogP contribution in [0, 0.1) is 0 Å². The molecular formula is C22H32N6O2. The molecule has 2 aromatic rings. The molecule has 8 nitrogen and oxygen atoms in total. The fourth-order valence-electron chi connectivity index (χ4n) is 4.04. The summed E-state index contributed by atoms with van der Waals surface area (Å²) in [5.41, 5.74) is 2.20. The van der Waals surface area contributed by atoms with Crippen molar-refractivity contribution in [2.75, 3.05) is 33.4 Å². The van der Waals surface area contributed by atoms with Gasteiger partial charge in [-0.2, -0.15) is 5.10 Å². The third-order valence-corrected chi connectivity index (χ3v) is 5.82. The van der Waals surface area contributed by atoms with Crippen molar-refractivity contribution in [3.8, 4) is 5.69 Å². The van der Waals surface area contributed by atoms with Crippen LogP contribution in [0.15, 0.2) is 41.9 Å². The van der Waals surface area contributed by atoms with Gasteiger partial charge in [-0.25, -0.2) is 9.67 Å². The van der Waals surface area contributed by atoms with Crippen LogP contribution >= 0.6 is 0 Å². The Kier molecular flexibility index (Phi) is 7.31. The molecule has 0 bridgehead atoms. The van der Waals surface area contributed by atoms with Gasteiger partial charge in [0.15, 0.2) is 5.96 Å². The van der Waals surface area contributed by atoms with Gasteiger partial charge in [-0.15, -0.1) is 0 Å². The number of hydrogen-bond donors (Lipinski definition) is 1. The molecule has 1 N–H and O–H groups in total. The second-order valence-electron chi connectivity index (χ2n) is 7.92. The number of likely N-dealkylation sites (tertiary alicyclic amines) is 1. The van der Waals surface area contributed by atoms with Gasteiger partial charge in [-0.1, -0.05) is 12.1 Å². The smallest absolute Gasteiger partial charge is 0.193 e. The summed E-state index contributed by atoms with van der Waals surface area (Å²) < 4.78 is 13.7. The summed E-state index contributed by atoms with van der Waals surface area (Å²) in [5.74, 6) is 0.949. The number of piperidine rings is 1. The average Bonchev–Trinajstić information content (AvgIpc) is 3.35. The third-order valence-electron chi connectivity index (χ3n) is 5.82. The summed E-state index contributed by atoms with van der Waals surface area (Å²) in [5, 5.41) is 7.65. The highest BCUT2D eigenvalue weighted by Crippen LogP contribution is 2.18. The molecule has 162 valence electrons. The van der Waals surface area contributed by atoms with E-state index in [4.69, 9.17) is 9.47 Å². The van der Waals surface area contributed by atoms with E-state index in [1.165, 1.54) is 24.7 Å². The molecule has 0 spiro atoms. The Morgan fingerprint density at radius 2 is 2.03 bits per heavy atom. The van der Waals surface area contributed by atoms with Gasteiger partial charge in [0.2, 0.25) is 0 Å². The standard InChI is InChI=1S/C22H32N6O2/c1-23-22(25-14-18-5-7-19(8-6-18)28-17-24-16-26-28)27-11-9-20(10-12-27)30-15-21-4-2-3-13-29-21/h5-8,16-17,20-21H,2-4,9-15H2,1H3,(H,23,25). The summed E-state index contributed by atoms with van der Waals surface area (Å²) in [6.45, 7) is 4.28. The molecule has 0 saturated carbocycles. The molecule has 0 aliphatic carbocycles. The third kappa shape index (κ3) is 5.58. The van der Waals surface area contributed by atoms with Crippen molar-refractivity contribution in [2.45, 2.75) is 50.9 Å². The second kappa shape index (κ2) is 10.5. The summed E-state index contributed by atoms with van der Waals surface area (Å²) in [7, 11) is 1.85. The van der Waals surface area contributed by atoms with Crippen LogP contribution in [0.5, 0.6) is 0 Å². The van der Waals surface area contributed by atoms with Crippen molar-refractivity contribution in [1.29, 1.82) is 0 Å². The number of guanidine groups is 1. The van der Waals surface area contributed by atoms with E-state index in [0.29, 0.717) is 12.2 Å². The van der Waals surface area contributed by atoms with Crippen LogP contribution in [-0.2, 0) is 16.0 Å². The maximum atomic E-state index is 6.13. The zero-order chi connectivity index (χ0) is 20.6. The first kappa shape index (κ1) is 20.8. The molecule has 2 aliphatic heterocycles. The van der Waals surface area contributed by atoms with E-state index in [9.17, 15) is 0 Å². The predicted octanol–water partition coefficient (Wildman–Crippen LogP) is 2.39. The summed E-state index contributed by atoms with van der Waals surface area (Å²) in [6, 6.07) is 8.30. The second-order valence-corrected chi connectivity index (χ2v) is 7.92. The first-order valence-corrected chi connectivity index (χ1v) is 10.9. The first-order valence-electron chi connectivity index (χ1n) is 10.9. The molecular weight excluding hydrogens is 380 g/mol. The lowest BCUT2D eigenvalue weighted by molar-refractivity contribution is -0.0721. The number of rotatable bonds is 6. The van der Waals surface area contributed by atoms with Crippen molar-refractivity contribution in [3.05, 3.63) is 42.5 Å². The van der Waals surface area contributed by atoms with Gasteiger partial charge in [-0.05, 0) is 49.8 Å². The van der Waals surface area contributed by atoms with Crippen LogP contribution in [0.25, 0.3) is 5.69 Å². The lowest BCUT2D eigenvalue weighted by Gasteiger charge is -2.35. The van der Waals surface area contributed by atoms with Crippen LogP contribution < -0.4 is 5.32 Å². The Balaban J connectivity index is 1.20. The quantitative estimate of drug-likeness (QED) is 0.580. The van der Waals surface area contributed by atoms with Crippen LogP contribution in [0.3, 0.4) is 0 Å². The molecule has 4 rings (SSSR count). The molecule has 1 aromatic heterocycles. The molecule has 0 amide bonds. The molecule has 2 aliphatic rings. The van der Waals surface area contributed by atoms with Gasteiger partial charge in [0, 0.05) is 33.3 Å². The maximum absolute atomic E-state index is 6.13. The molecule has 1 unspecified atom stereocenters. The topological polar surface area (TPSA) is 76.8 Å². The SMILES string of the molecule is CN=C(NCc1ccc(-n2cncn2)cc1)N1CCC(OCC2CCCCO2)CC1. The Morgan fingerprint density at radius 1 is 1.20 bits per heavy atom. The zero-order valence-electron chi connectivity index (χ0n) is 17.7. The Labute approximate surface area is 178 Å². The Morgan fingerprint density at radius 3 is 2.70 bits per heavy atom. The minimum atomic E-state index is 0.294. The van der Waals surface area contributed by atoms with Gasteiger partial charge in [0.25, 0.3) is 0 Å². The largest absolute Gasteiger partial charge is 0.376 e. The van der Waals surface area contributed by atoms with E-state index in [1.807, 2.05) is 19.2 Å². The van der Waals surface area contributed by atoms with Gasteiger partial charge < -0.3 is 19.7 Å². The summed E-state index contributed by atoms with van der Waals surface area (Å²) in [6.07, 6.45) is 9.50. The van der Waals surface area contributed by atoms with E-state index in [-0.39, 0.29) is 0 Å². The molecule has 0 radical (unpaired) electrons. The van der Waals surface area contributed by atoms with E-state index in [0.717, 1.165) is 63.8 Å². The number of ether oxygens (including phenoxy) is 2. The van der Waals surface area contributed by atoms with Gasteiger partial charge in [0.05, 0.1) is 24.5 Å². The van der Waals surface area contributed by atoms with Gasteiger partial charge >= 0.3 is 0 Å². The van der Waals surface area contributed by atoms with Crippen LogP contribution in [-0.4, -0.2) is 71.2 Å². The normalized spacial score (nSPS) is 21.0. The van der Waals surface area contributed by atoms with Gasteiger partial charge in [-0.3, -0.25) is 4.99 Å². The number of hydrogen-bond acceptors (Lipinski definition) is 5. The number of nitrogens with one attached hydrogen (secondary N) is 1. The highest BCUT2D eigenvalue weighted by molar-refractivity contribution is 5.80. The lowest BCUT2D eigenvalue weighted by Crippen LogP contribution is -2.47. The van der Waals surface area contributed by atoms with Crippen LogP contribution in [0.2, 0.25) is 0 Å². The van der Waals surface area contributed by atoms with Gasteiger partial charge in [0.1, 0.15) is 12.7 Å². The number of aromatic nitrogens is 3. The Hall–Kier alpha value is -2.45. The van der Waals surface area contributed by atoms with Crippen molar-refractivity contribution in [3.63, 3.8) is 0 Å². The first-order chi connectivity index (χ1) is 14.8. The lowest BCUT2D eigenvalue weighted by atomic mass is 10.1. The van der Waals surface area contributed by atoms with E-state index in [2.05, 4.69) is 37.4 Å². The monoisotopic (exact) mass is 412 g/mol. The maximum Gasteiger partial charge on any atom is 0.193 e. The van der Waals surface area contributed by atoms with Crippen LogP contribution in [0.1, 0.15) is 37.7 Å². The van der Waals surface area contributed by atoms with Crippen molar-refractivity contribution in [1.82, 2.24) is 25.0 Å².